The summed E-state index contributed by atoms with van der Waals surface area (Å²) < 4.78 is 10.7. The highest BCUT2D eigenvalue weighted by Gasteiger charge is 2.34. The lowest BCUT2D eigenvalue weighted by molar-refractivity contribution is -0.139. The minimum absolute atomic E-state index is 0.191. The third-order valence-electron chi connectivity index (χ3n) is 8.24. The summed E-state index contributed by atoms with van der Waals surface area (Å²) in [6.45, 7) is 3.71. The molecule has 1 aliphatic rings. The van der Waals surface area contributed by atoms with Gasteiger partial charge in [-0.1, -0.05) is 118 Å². The van der Waals surface area contributed by atoms with E-state index in [0.29, 0.717) is 31.2 Å². The zero-order valence-corrected chi connectivity index (χ0v) is 29.2. The lowest BCUT2D eigenvalue weighted by Gasteiger charge is -2.25. The Hall–Kier alpha value is -4.76. The van der Waals surface area contributed by atoms with E-state index < -0.39 is 12.0 Å². The molecule has 0 saturated heterocycles. The Balaban J connectivity index is 1.52. The number of hydrogen-bond acceptors (Lipinski definition) is 5. The minimum atomic E-state index is -0.794. The summed E-state index contributed by atoms with van der Waals surface area (Å²) in [5, 5.41) is 0.444. The van der Waals surface area contributed by atoms with Crippen LogP contribution in [0.15, 0.2) is 141 Å². The molecule has 6 aromatic rings. The zero-order valence-electron chi connectivity index (χ0n) is 26.1. The van der Waals surface area contributed by atoms with Crippen LogP contribution in [0, 0.1) is 0 Å². The second-order valence-electron chi connectivity index (χ2n) is 11.2. The van der Waals surface area contributed by atoms with E-state index in [1.807, 2.05) is 72.8 Å². The maximum absolute atomic E-state index is 14.5. The van der Waals surface area contributed by atoms with Gasteiger partial charge in [0.1, 0.15) is 6.04 Å². The van der Waals surface area contributed by atoms with Crippen LogP contribution in [0.3, 0.4) is 0 Å². The molecule has 0 spiro atoms. The van der Waals surface area contributed by atoms with Crippen LogP contribution in [0.1, 0.15) is 31.0 Å². The van der Waals surface area contributed by atoms with Gasteiger partial charge in [0, 0.05) is 20.7 Å². The largest absolute Gasteiger partial charge is 0.463 e. The highest BCUT2D eigenvalue weighted by Crippen LogP contribution is 2.37. The summed E-state index contributed by atoms with van der Waals surface area (Å²) in [4.78, 5) is 33.1. The van der Waals surface area contributed by atoms with Gasteiger partial charge >= 0.3 is 5.97 Å². The van der Waals surface area contributed by atoms with Crippen LogP contribution >= 0.6 is 38.9 Å². The van der Waals surface area contributed by atoms with Gasteiger partial charge in [-0.25, -0.2) is 9.79 Å². The normalized spacial score (nSPS) is 14.5. The monoisotopic (exact) mass is 733 g/mol. The lowest BCUT2D eigenvalue weighted by Crippen LogP contribution is -2.40. The van der Waals surface area contributed by atoms with Crippen molar-refractivity contribution in [3.63, 3.8) is 0 Å². The Morgan fingerprint density at radius 2 is 1.58 bits per heavy atom. The number of hydrogen-bond donors (Lipinski definition) is 0. The number of rotatable bonds is 7. The van der Waals surface area contributed by atoms with Crippen molar-refractivity contribution in [1.29, 1.82) is 0 Å². The van der Waals surface area contributed by atoms with Gasteiger partial charge in [-0.15, -0.1) is 0 Å². The fraction of sp³-hybridized carbons (Fsp3) is 0.103. The van der Waals surface area contributed by atoms with Crippen molar-refractivity contribution in [2.45, 2.75) is 19.9 Å². The molecular formula is C39H29BrClN3O3S. The number of allylic oxidation sites excluding steroid dienone is 1. The van der Waals surface area contributed by atoms with Crippen LogP contribution in [-0.4, -0.2) is 21.7 Å². The van der Waals surface area contributed by atoms with Crippen molar-refractivity contribution in [2.75, 3.05) is 6.61 Å². The van der Waals surface area contributed by atoms with Crippen molar-refractivity contribution in [3.05, 3.63) is 167 Å². The van der Waals surface area contributed by atoms with Gasteiger partial charge < -0.3 is 9.30 Å². The number of halogens is 2. The third kappa shape index (κ3) is 5.81. The molecule has 6 nitrogen and oxygen atoms in total. The summed E-state index contributed by atoms with van der Waals surface area (Å²) in [5.74, 6) is -0.525. The van der Waals surface area contributed by atoms with Crippen molar-refractivity contribution >= 4 is 50.9 Å². The quantitative estimate of drug-likeness (QED) is 0.155. The van der Waals surface area contributed by atoms with E-state index in [-0.39, 0.29) is 12.2 Å². The average Bonchev–Trinajstić information content (AvgIpc) is 3.62. The zero-order chi connectivity index (χ0) is 33.4. The molecule has 0 fully saturated rings. The number of carbonyl (C=O) groups is 1. The first-order valence-electron chi connectivity index (χ1n) is 15.4. The molecule has 9 heteroatoms. The topological polar surface area (TPSA) is 65.6 Å². The van der Waals surface area contributed by atoms with Gasteiger partial charge in [0.05, 0.1) is 33.8 Å². The maximum atomic E-state index is 14.5. The molecular weight excluding hydrogens is 706 g/mol. The van der Waals surface area contributed by atoms with Crippen LogP contribution in [0.2, 0.25) is 5.02 Å². The number of fused-ring (bicyclic) bond motifs is 1. The maximum Gasteiger partial charge on any atom is 0.338 e. The molecule has 238 valence electrons. The number of carbonyl (C=O) groups excluding carboxylic acids is 1. The van der Waals surface area contributed by atoms with Crippen LogP contribution in [-0.2, 0) is 9.53 Å². The van der Waals surface area contributed by atoms with Crippen molar-refractivity contribution < 1.29 is 9.53 Å². The molecule has 1 unspecified atom stereocenters. The molecule has 0 bridgehead atoms. The standard InChI is InChI=1S/C39H29BrClN3O3S/c1-3-47-38(46)34-24(2)42-39-44(36(34)30-16-10-11-17-31(30)41)37(45)33(48-39)23-27-22-32(25-12-6-4-7-13-25)43(29-20-18-28(40)19-21-29)35(27)26-14-8-5-9-15-26/h4-23,36H,3H2,1-2H3/b33-23-. The number of ether oxygens (including phenoxy) is 1. The molecule has 7 rings (SSSR count). The Morgan fingerprint density at radius 3 is 2.25 bits per heavy atom. The van der Waals surface area contributed by atoms with Gasteiger partial charge in [-0.3, -0.25) is 9.36 Å². The molecule has 1 aliphatic heterocycles. The third-order valence-corrected chi connectivity index (χ3v) is 10.1. The average molecular weight is 735 g/mol. The summed E-state index contributed by atoms with van der Waals surface area (Å²) in [6, 6.07) is 37.1. The Labute approximate surface area is 294 Å². The highest BCUT2D eigenvalue weighted by molar-refractivity contribution is 9.10. The van der Waals surface area contributed by atoms with Crippen LogP contribution in [0.25, 0.3) is 34.3 Å². The summed E-state index contributed by atoms with van der Waals surface area (Å²) in [6.07, 6.45) is 1.93. The number of aromatic nitrogens is 2. The second kappa shape index (κ2) is 13.4. The molecule has 4 aromatic carbocycles. The van der Waals surface area contributed by atoms with Gasteiger partial charge in [-0.05, 0) is 73.0 Å². The van der Waals surface area contributed by atoms with E-state index in [1.165, 1.54) is 11.3 Å². The van der Waals surface area contributed by atoms with Crippen molar-refractivity contribution in [1.82, 2.24) is 9.13 Å². The minimum Gasteiger partial charge on any atom is -0.463 e. The first-order chi connectivity index (χ1) is 23.4. The van der Waals surface area contributed by atoms with Gasteiger partial charge in [0.15, 0.2) is 4.80 Å². The molecule has 0 radical (unpaired) electrons. The Bertz CT molecular complexity index is 2380. The fourth-order valence-electron chi connectivity index (χ4n) is 6.14. The van der Waals surface area contributed by atoms with E-state index in [4.69, 9.17) is 21.3 Å². The molecule has 0 aliphatic carbocycles. The predicted molar refractivity (Wildman–Crippen MR) is 196 cm³/mol. The van der Waals surface area contributed by atoms with Crippen LogP contribution < -0.4 is 14.9 Å². The summed E-state index contributed by atoms with van der Waals surface area (Å²) >= 11 is 11.6. The van der Waals surface area contributed by atoms with Gasteiger partial charge in [0.25, 0.3) is 5.56 Å². The van der Waals surface area contributed by atoms with E-state index in [0.717, 1.165) is 38.2 Å². The molecule has 0 saturated carbocycles. The fourth-order valence-corrected chi connectivity index (χ4v) is 7.68. The first-order valence-corrected chi connectivity index (χ1v) is 17.4. The Kier molecular flexibility index (Phi) is 8.88. The molecule has 3 heterocycles. The highest BCUT2D eigenvalue weighted by atomic mass is 79.9. The molecule has 48 heavy (non-hydrogen) atoms. The Morgan fingerprint density at radius 1 is 0.938 bits per heavy atom. The number of nitrogens with zero attached hydrogens (tertiary/aromatic N) is 3. The van der Waals surface area contributed by atoms with Crippen LogP contribution in [0.5, 0.6) is 0 Å². The molecule has 1 atom stereocenters. The van der Waals surface area contributed by atoms with E-state index in [2.05, 4.69) is 63.0 Å². The predicted octanol–water partition coefficient (Wildman–Crippen LogP) is 8.34. The van der Waals surface area contributed by atoms with Crippen molar-refractivity contribution in [2.24, 2.45) is 4.99 Å². The lowest BCUT2D eigenvalue weighted by atomic mass is 9.96. The van der Waals surface area contributed by atoms with Crippen LogP contribution in [0.4, 0.5) is 0 Å². The number of thiazole rings is 1. The second-order valence-corrected chi connectivity index (χ2v) is 13.5. The van der Waals surface area contributed by atoms with Crippen molar-refractivity contribution in [3.8, 4) is 28.2 Å². The first kappa shape index (κ1) is 31.8. The SMILES string of the molecule is CCOC(=O)C1=C(C)N=c2s/c(=C\c3cc(-c4ccccc4)n(-c4ccc(Br)cc4)c3-c3ccccc3)c(=O)n2C1c1ccccc1Cl. The molecule has 0 N–H and O–H groups in total. The number of benzene rings is 4. The molecule has 2 aromatic heterocycles. The van der Waals surface area contributed by atoms with E-state index in [9.17, 15) is 9.59 Å². The van der Waals surface area contributed by atoms with Gasteiger partial charge in [0.2, 0.25) is 0 Å². The smallest absolute Gasteiger partial charge is 0.338 e. The summed E-state index contributed by atoms with van der Waals surface area (Å²) in [5.41, 5.74) is 6.93. The van der Waals surface area contributed by atoms with E-state index in [1.54, 1.807) is 24.5 Å². The molecule has 0 amide bonds. The summed E-state index contributed by atoms with van der Waals surface area (Å²) in [7, 11) is 0. The number of esters is 1. The van der Waals surface area contributed by atoms with Gasteiger partial charge in [-0.2, -0.15) is 0 Å². The van der Waals surface area contributed by atoms with E-state index >= 15 is 0 Å².